The Morgan fingerprint density at radius 3 is 2.65 bits per heavy atom. The maximum Gasteiger partial charge on any atom is 0.319 e. The summed E-state index contributed by atoms with van der Waals surface area (Å²) in [5.74, 6) is 0.0510. The fourth-order valence-electron chi connectivity index (χ4n) is 4.39. The van der Waals surface area contributed by atoms with Crippen LogP contribution in [0.3, 0.4) is 0 Å². The van der Waals surface area contributed by atoms with E-state index in [1.165, 1.54) is 7.11 Å². The third kappa shape index (κ3) is 2.18. The van der Waals surface area contributed by atoms with Crippen LogP contribution in [-0.4, -0.2) is 30.0 Å². The molecule has 0 saturated heterocycles. The van der Waals surface area contributed by atoms with Crippen LogP contribution in [0.15, 0.2) is 0 Å². The number of rotatable bonds is 2. The van der Waals surface area contributed by atoms with Gasteiger partial charge in [0, 0.05) is 16.9 Å². The van der Waals surface area contributed by atoms with Crippen molar-refractivity contribution in [1.29, 1.82) is 5.26 Å². The molecule has 0 N–H and O–H groups in total. The highest BCUT2D eigenvalue weighted by atomic mass is 16.5. The monoisotopic (exact) mass is 315 g/mol. The summed E-state index contributed by atoms with van der Waals surface area (Å²) in [7, 11) is 3.11. The largest absolute Gasteiger partial charge is 0.481 e. The first kappa shape index (κ1) is 15.7. The average Bonchev–Trinajstić information content (AvgIpc) is 2.57. The summed E-state index contributed by atoms with van der Waals surface area (Å²) in [6, 6.07) is 2.44. The van der Waals surface area contributed by atoms with Crippen molar-refractivity contribution in [2.45, 2.75) is 38.5 Å². The van der Waals surface area contributed by atoms with Crippen molar-refractivity contribution in [2.75, 3.05) is 14.2 Å². The van der Waals surface area contributed by atoms with Gasteiger partial charge in [0.2, 0.25) is 5.88 Å². The van der Waals surface area contributed by atoms with E-state index in [9.17, 15) is 10.1 Å². The highest BCUT2D eigenvalue weighted by Gasteiger charge is 2.53. The van der Waals surface area contributed by atoms with Gasteiger partial charge in [-0.05, 0) is 25.2 Å². The van der Waals surface area contributed by atoms with Crippen LogP contribution in [0.4, 0.5) is 0 Å². The van der Waals surface area contributed by atoms with E-state index in [1.807, 2.05) is 6.92 Å². The molecule has 2 aliphatic carbocycles. The van der Waals surface area contributed by atoms with Gasteiger partial charge >= 0.3 is 6.01 Å². The molecule has 1 fully saturated rings. The Morgan fingerprint density at radius 2 is 2.04 bits per heavy atom. The fourth-order valence-corrected chi connectivity index (χ4v) is 4.39. The molecule has 0 aromatic carbocycles. The number of carbonyl (C=O) groups is 1. The molecule has 0 amide bonds. The zero-order chi connectivity index (χ0) is 16.8. The van der Waals surface area contributed by atoms with Gasteiger partial charge in [-0.15, -0.1) is 0 Å². The smallest absolute Gasteiger partial charge is 0.319 e. The van der Waals surface area contributed by atoms with Gasteiger partial charge < -0.3 is 9.47 Å². The number of hydrogen-bond acceptors (Lipinski definition) is 6. The fraction of sp³-hybridized carbons (Fsp3) is 0.647. The molecule has 0 aliphatic heterocycles. The summed E-state index contributed by atoms with van der Waals surface area (Å²) in [6.45, 7) is 4.05. The van der Waals surface area contributed by atoms with E-state index in [0.29, 0.717) is 12.3 Å². The second-order valence-electron chi connectivity index (χ2n) is 6.69. The maximum absolute atomic E-state index is 12.4. The second-order valence-corrected chi connectivity index (χ2v) is 6.69. The first-order valence-electron chi connectivity index (χ1n) is 7.89. The molecule has 3 rings (SSSR count). The van der Waals surface area contributed by atoms with Crippen molar-refractivity contribution in [3.63, 3.8) is 0 Å². The van der Waals surface area contributed by atoms with Crippen LogP contribution in [0.5, 0.6) is 11.9 Å². The third-order valence-corrected chi connectivity index (χ3v) is 5.57. The molecular formula is C17H21N3O3. The van der Waals surface area contributed by atoms with Crippen LogP contribution in [0.2, 0.25) is 0 Å². The van der Waals surface area contributed by atoms with Crippen LogP contribution in [0, 0.1) is 29.1 Å². The number of carbonyl (C=O) groups excluding carboxylic acids is 1. The van der Waals surface area contributed by atoms with Gasteiger partial charge in [0.15, 0.2) is 5.78 Å². The van der Waals surface area contributed by atoms with Crippen molar-refractivity contribution in [2.24, 2.45) is 17.8 Å². The summed E-state index contributed by atoms with van der Waals surface area (Å²) in [5.41, 5.74) is 1.51. The predicted octanol–water partition coefficient (Wildman–Crippen LogP) is 2.06. The summed E-state index contributed by atoms with van der Waals surface area (Å²) in [4.78, 5) is 21.3. The standard InChI is InChI=1S/C17H21N3O3/c1-9-12-6-5-11-14(19-16(23-4)20-15(11)22-3)17(12,2)7-10(8-18)13(9)21/h9-10,12H,5-7H2,1-4H3/t9-,10?,12-,17-/m0/s1. The van der Waals surface area contributed by atoms with Gasteiger partial charge in [0.05, 0.1) is 26.0 Å². The Kier molecular flexibility index (Phi) is 3.75. The van der Waals surface area contributed by atoms with Crippen LogP contribution in [0.1, 0.15) is 37.9 Å². The van der Waals surface area contributed by atoms with Gasteiger partial charge in [-0.3, -0.25) is 4.79 Å². The lowest BCUT2D eigenvalue weighted by atomic mass is 9.54. The number of ketones is 1. The van der Waals surface area contributed by atoms with E-state index in [4.69, 9.17) is 9.47 Å². The summed E-state index contributed by atoms with van der Waals surface area (Å²) in [6.07, 6.45) is 2.14. The SMILES string of the molecule is COc1nc(OC)c2c(n1)[C@@]1(C)CC(C#N)C(=O)[C@@H](C)[C@@H]1CC2. The molecule has 23 heavy (non-hydrogen) atoms. The normalized spacial score (nSPS) is 32.5. The number of nitriles is 1. The van der Waals surface area contributed by atoms with E-state index in [1.54, 1.807) is 7.11 Å². The number of nitrogens with zero attached hydrogens (tertiary/aromatic N) is 3. The van der Waals surface area contributed by atoms with Crippen LogP contribution in [-0.2, 0) is 16.6 Å². The summed E-state index contributed by atoms with van der Waals surface area (Å²) >= 11 is 0. The lowest BCUT2D eigenvalue weighted by Crippen LogP contribution is -2.50. The van der Waals surface area contributed by atoms with Crippen LogP contribution in [0.25, 0.3) is 0 Å². The van der Waals surface area contributed by atoms with Gasteiger partial charge in [-0.25, -0.2) is 0 Å². The zero-order valence-corrected chi connectivity index (χ0v) is 13.9. The van der Waals surface area contributed by atoms with Gasteiger partial charge in [0.25, 0.3) is 0 Å². The molecule has 2 aliphatic rings. The summed E-state index contributed by atoms with van der Waals surface area (Å²) < 4.78 is 10.6. The molecule has 0 spiro atoms. The quantitative estimate of drug-likeness (QED) is 0.830. The number of Topliss-reactive ketones (excluding diaryl/α,β-unsaturated/α-hetero) is 1. The van der Waals surface area contributed by atoms with Crippen molar-refractivity contribution in [1.82, 2.24) is 9.97 Å². The lowest BCUT2D eigenvalue weighted by Gasteiger charge is -2.49. The minimum Gasteiger partial charge on any atom is -0.481 e. The maximum atomic E-state index is 12.4. The number of ether oxygens (including phenoxy) is 2. The number of aromatic nitrogens is 2. The first-order chi connectivity index (χ1) is 11.0. The minimum atomic E-state index is -0.579. The average molecular weight is 315 g/mol. The van der Waals surface area contributed by atoms with E-state index in [2.05, 4.69) is 23.0 Å². The number of hydrogen-bond donors (Lipinski definition) is 0. The lowest BCUT2D eigenvalue weighted by molar-refractivity contribution is -0.132. The molecule has 0 radical (unpaired) electrons. The van der Waals surface area contributed by atoms with Crippen LogP contribution >= 0.6 is 0 Å². The van der Waals surface area contributed by atoms with E-state index >= 15 is 0 Å². The molecule has 6 nitrogen and oxygen atoms in total. The van der Waals surface area contributed by atoms with Crippen molar-refractivity contribution in [3.05, 3.63) is 11.3 Å². The molecule has 1 unspecified atom stereocenters. The minimum absolute atomic E-state index is 0.0615. The van der Waals surface area contributed by atoms with Gasteiger partial charge in [0.1, 0.15) is 5.92 Å². The molecule has 1 saturated carbocycles. The molecule has 122 valence electrons. The Labute approximate surface area is 135 Å². The highest BCUT2D eigenvalue weighted by molar-refractivity contribution is 5.87. The van der Waals surface area contributed by atoms with Crippen LogP contribution < -0.4 is 9.47 Å². The third-order valence-electron chi connectivity index (χ3n) is 5.57. The predicted molar refractivity (Wildman–Crippen MR) is 82.2 cm³/mol. The Bertz CT molecular complexity index is 697. The molecule has 1 heterocycles. The van der Waals surface area contributed by atoms with Crippen molar-refractivity contribution >= 4 is 5.78 Å². The zero-order valence-electron chi connectivity index (χ0n) is 13.9. The van der Waals surface area contributed by atoms with Gasteiger partial charge in [-0.2, -0.15) is 15.2 Å². The van der Waals surface area contributed by atoms with E-state index in [0.717, 1.165) is 24.1 Å². The number of methoxy groups -OCH3 is 2. The molecule has 6 heteroatoms. The van der Waals surface area contributed by atoms with E-state index in [-0.39, 0.29) is 29.0 Å². The first-order valence-corrected chi connectivity index (χ1v) is 7.89. The molecule has 1 aromatic heterocycles. The highest BCUT2D eigenvalue weighted by Crippen LogP contribution is 2.53. The topological polar surface area (TPSA) is 85.1 Å². The molecule has 4 atom stereocenters. The second kappa shape index (κ2) is 5.48. The molecule has 1 aromatic rings. The molecular weight excluding hydrogens is 294 g/mol. The Hall–Kier alpha value is -2.16. The summed E-state index contributed by atoms with van der Waals surface area (Å²) in [5, 5.41) is 9.38. The molecule has 0 bridgehead atoms. The van der Waals surface area contributed by atoms with E-state index < -0.39 is 5.92 Å². The van der Waals surface area contributed by atoms with Crippen molar-refractivity contribution < 1.29 is 14.3 Å². The Balaban J connectivity index is 2.18. The van der Waals surface area contributed by atoms with Gasteiger partial charge in [-0.1, -0.05) is 13.8 Å². The Morgan fingerprint density at radius 1 is 1.30 bits per heavy atom. The van der Waals surface area contributed by atoms with Crippen molar-refractivity contribution in [3.8, 4) is 18.0 Å². The number of fused-ring (bicyclic) bond motifs is 3.